The number of carbonyl (C=O) groups is 1. The normalized spacial score (nSPS) is 16.6. The molecule has 1 saturated heterocycles. The topological polar surface area (TPSA) is 34.5 Å². The van der Waals surface area contributed by atoms with E-state index in [1.165, 1.54) is 11.4 Å². The second-order valence-electron chi connectivity index (χ2n) is 6.03. The Morgan fingerprint density at radius 3 is 2.17 bits per heavy atom. The van der Waals surface area contributed by atoms with Gasteiger partial charge in [0.25, 0.3) is 0 Å². The Morgan fingerprint density at radius 1 is 1.22 bits per heavy atom. The second-order valence-corrected chi connectivity index (χ2v) is 6.03. The van der Waals surface area contributed by atoms with E-state index < -0.39 is 5.60 Å². The van der Waals surface area contributed by atoms with Crippen molar-refractivity contribution in [1.29, 1.82) is 0 Å². The lowest BCUT2D eigenvalue weighted by molar-refractivity contribution is 0.000665. The Hall–Kier alpha value is -1.45. The average Bonchev–Trinajstić information content (AvgIpc) is 2.43. The lowest BCUT2D eigenvalue weighted by Crippen LogP contribution is -2.52. The van der Waals surface area contributed by atoms with Gasteiger partial charge < -0.3 is 14.2 Å². The summed E-state index contributed by atoms with van der Waals surface area (Å²) in [5.41, 5.74) is 2.09. The van der Waals surface area contributed by atoms with Crippen LogP contribution in [0.25, 0.3) is 0 Å². The molecule has 0 spiro atoms. The van der Waals surface area contributed by atoms with Crippen LogP contribution in [0.15, 0.2) is 12.1 Å². The van der Waals surface area contributed by atoms with E-state index in [2.05, 4.69) is 30.5 Å². The van der Waals surface area contributed by atoms with Crippen molar-refractivity contribution < 1.29 is 9.53 Å². The number of aromatic nitrogens is 1. The minimum Gasteiger partial charge on any atom is -0.444 e. The molecule has 0 bridgehead atoms. The highest BCUT2D eigenvalue weighted by Crippen LogP contribution is 2.26. The van der Waals surface area contributed by atoms with Crippen LogP contribution in [0.2, 0.25) is 0 Å². The number of likely N-dealkylation sites (tertiary alicyclic amines) is 1. The molecule has 0 atom stereocenters. The summed E-state index contributed by atoms with van der Waals surface area (Å²) in [6.07, 6.45) is -0.207. The molecule has 1 amide bonds. The molecule has 1 aliphatic heterocycles. The third kappa shape index (κ3) is 2.52. The highest BCUT2D eigenvalue weighted by atomic mass is 16.6. The van der Waals surface area contributed by atoms with Gasteiger partial charge in [-0.3, -0.25) is 0 Å². The van der Waals surface area contributed by atoms with E-state index in [-0.39, 0.29) is 6.09 Å². The summed E-state index contributed by atoms with van der Waals surface area (Å²) in [6, 6.07) is 4.63. The van der Waals surface area contributed by atoms with Crippen LogP contribution in [0, 0.1) is 13.8 Å². The van der Waals surface area contributed by atoms with Crippen molar-refractivity contribution in [3.8, 4) is 0 Å². The number of amides is 1. The highest BCUT2D eigenvalue weighted by molar-refractivity contribution is 5.69. The van der Waals surface area contributed by atoms with E-state index in [1.54, 1.807) is 4.90 Å². The van der Waals surface area contributed by atoms with Crippen LogP contribution in [0.1, 0.15) is 38.2 Å². The molecule has 0 saturated carbocycles. The molecule has 2 rings (SSSR count). The van der Waals surface area contributed by atoms with Crippen LogP contribution in [-0.4, -0.2) is 34.3 Å². The summed E-state index contributed by atoms with van der Waals surface area (Å²) in [6.45, 7) is 11.4. The molecule has 1 aromatic heterocycles. The Balaban J connectivity index is 1.93. The van der Waals surface area contributed by atoms with Gasteiger partial charge >= 0.3 is 6.09 Å². The van der Waals surface area contributed by atoms with Crippen LogP contribution in [0.5, 0.6) is 0 Å². The Kier molecular flexibility index (Phi) is 3.13. The number of nitrogens with zero attached hydrogens (tertiary/aromatic N) is 2. The molecular weight excluding hydrogens is 228 g/mol. The predicted molar refractivity (Wildman–Crippen MR) is 70.8 cm³/mol. The van der Waals surface area contributed by atoms with E-state index in [0.717, 1.165) is 13.1 Å². The van der Waals surface area contributed by atoms with Gasteiger partial charge in [0.05, 0.1) is 6.04 Å². The first-order valence-electron chi connectivity index (χ1n) is 6.40. The minimum atomic E-state index is -0.415. The summed E-state index contributed by atoms with van der Waals surface area (Å²) in [7, 11) is 0. The minimum absolute atomic E-state index is 0.207. The van der Waals surface area contributed by atoms with Gasteiger partial charge in [-0.25, -0.2) is 4.79 Å². The van der Waals surface area contributed by atoms with Gasteiger partial charge in [0, 0.05) is 24.5 Å². The van der Waals surface area contributed by atoms with Gasteiger partial charge in [-0.05, 0) is 46.8 Å². The first-order chi connectivity index (χ1) is 8.28. The van der Waals surface area contributed by atoms with Gasteiger partial charge in [0.2, 0.25) is 0 Å². The monoisotopic (exact) mass is 250 g/mol. The molecule has 4 nitrogen and oxygen atoms in total. The molecule has 0 aromatic carbocycles. The maximum Gasteiger partial charge on any atom is 0.410 e. The van der Waals surface area contributed by atoms with Gasteiger partial charge in [-0.1, -0.05) is 0 Å². The van der Waals surface area contributed by atoms with Crippen molar-refractivity contribution in [3.63, 3.8) is 0 Å². The first-order valence-corrected chi connectivity index (χ1v) is 6.40. The van der Waals surface area contributed by atoms with Crippen molar-refractivity contribution in [1.82, 2.24) is 9.47 Å². The van der Waals surface area contributed by atoms with Crippen molar-refractivity contribution in [2.75, 3.05) is 13.1 Å². The van der Waals surface area contributed by atoms with Crippen LogP contribution in [-0.2, 0) is 4.74 Å². The third-order valence-electron chi connectivity index (χ3n) is 3.20. The summed E-state index contributed by atoms with van der Waals surface area (Å²) in [4.78, 5) is 13.6. The molecular formula is C14H22N2O2. The summed E-state index contributed by atoms with van der Waals surface area (Å²) in [5.74, 6) is 0. The largest absolute Gasteiger partial charge is 0.444 e. The zero-order chi connectivity index (χ0) is 13.5. The van der Waals surface area contributed by atoms with Crippen molar-refractivity contribution >= 4 is 6.09 Å². The van der Waals surface area contributed by atoms with Crippen LogP contribution >= 0.6 is 0 Å². The maximum absolute atomic E-state index is 11.8. The molecule has 1 aromatic rings. The fraction of sp³-hybridized carbons (Fsp3) is 0.643. The molecule has 2 heterocycles. The molecule has 0 unspecified atom stereocenters. The number of ether oxygens (including phenoxy) is 1. The molecule has 100 valence electrons. The van der Waals surface area contributed by atoms with E-state index in [1.807, 2.05) is 20.8 Å². The molecule has 4 heteroatoms. The van der Waals surface area contributed by atoms with Crippen molar-refractivity contribution in [3.05, 3.63) is 23.5 Å². The van der Waals surface area contributed by atoms with E-state index in [0.29, 0.717) is 6.04 Å². The van der Waals surface area contributed by atoms with Gasteiger partial charge in [-0.15, -0.1) is 0 Å². The summed E-state index contributed by atoms with van der Waals surface area (Å²) in [5, 5.41) is 0. The lowest BCUT2D eigenvalue weighted by atomic mass is 10.1. The molecule has 0 N–H and O–H groups in total. The average molecular weight is 250 g/mol. The molecule has 0 radical (unpaired) electrons. The molecule has 0 aliphatic carbocycles. The molecule has 18 heavy (non-hydrogen) atoms. The third-order valence-corrected chi connectivity index (χ3v) is 3.20. The number of rotatable bonds is 1. The lowest BCUT2D eigenvalue weighted by Gasteiger charge is -2.41. The van der Waals surface area contributed by atoms with Crippen LogP contribution < -0.4 is 0 Å². The van der Waals surface area contributed by atoms with Crippen molar-refractivity contribution in [2.24, 2.45) is 0 Å². The van der Waals surface area contributed by atoms with Gasteiger partial charge in [0.1, 0.15) is 5.60 Å². The fourth-order valence-electron chi connectivity index (χ4n) is 2.35. The molecule has 1 fully saturated rings. The Morgan fingerprint density at radius 2 is 1.72 bits per heavy atom. The highest BCUT2D eigenvalue weighted by Gasteiger charge is 2.35. The maximum atomic E-state index is 11.8. The van der Waals surface area contributed by atoms with Gasteiger partial charge in [-0.2, -0.15) is 0 Å². The Bertz CT molecular complexity index is 431. The fourth-order valence-corrected chi connectivity index (χ4v) is 2.35. The smallest absolute Gasteiger partial charge is 0.410 e. The van der Waals surface area contributed by atoms with Crippen molar-refractivity contribution in [2.45, 2.75) is 46.3 Å². The summed E-state index contributed by atoms with van der Waals surface area (Å²) >= 11 is 0. The predicted octanol–water partition coefficient (Wildman–Crippen LogP) is 2.90. The number of hydrogen-bond acceptors (Lipinski definition) is 2. The zero-order valence-corrected chi connectivity index (χ0v) is 11.9. The SMILES string of the molecule is Cc1ccc(C)n1C1CN(C(=O)OC(C)(C)C)C1. The summed E-state index contributed by atoms with van der Waals surface area (Å²) < 4.78 is 7.64. The van der Waals surface area contributed by atoms with Gasteiger partial charge in [0.15, 0.2) is 0 Å². The second kappa shape index (κ2) is 4.34. The number of hydrogen-bond donors (Lipinski definition) is 0. The first kappa shape index (κ1) is 13.0. The molecule has 1 aliphatic rings. The number of aryl methyl sites for hydroxylation is 2. The quantitative estimate of drug-likeness (QED) is 0.768. The van der Waals surface area contributed by atoms with Crippen LogP contribution in [0.4, 0.5) is 4.79 Å². The van der Waals surface area contributed by atoms with E-state index >= 15 is 0 Å². The number of carbonyl (C=O) groups excluding carboxylic acids is 1. The van der Waals surface area contributed by atoms with Crippen LogP contribution in [0.3, 0.4) is 0 Å². The zero-order valence-electron chi connectivity index (χ0n) is 11.9. The van der Waals surface area contributed by atoms with E-state index in [9.17, 15) is 4.79 Å². The van der Waals surface area contributed by atoms with E-state index in [4.69, 9.17) is 4.74 Å². The standard InChI is InChI=1S/C14H22N2O2/c1-10-6-7-11(2)16(10)12-8-15(9-12)13(17)18-14(3,4)5/h6-7,12H,8-9H2,1-5H3. The Labute approximate surface area is 109 Å².